The van der Waals surface area contributed by atoms with E-state index in [4.69, 9.17) is 19.7 Å². The summed E-state index contributed by atoms with van der Waals surface area (Å²) in [5.74, 6) is -0.715. The Morgan fingerprint density at radius 2 is 2.14 bits per heavy atom. The maximum Gasteiger partial charge on any atom is 0.341 e. The maximum atomic E-state index is 10.9. The number of thioether (sulfide) groups is 1. The van der Waals surface area contributed by atoms with Crippen LogP contribution in [0.15, 0.2) is 18.2 Å². The molecule has 2 rings (SSSR count). The lowest BCUT2D eigenvalue weighted by molar-refractivity contribution is -0.140. The molecule has 1 fully saturated rings. The molecule has 3 N–H and O–H groups in total. The van der Waals surface area contributed by atoms with Crippen LogP contribution in [0.4, 0.5) is 0 Å². The van der Waals surface area contributed by atoms with E-state index >= 15 is 0 Å². The van der Waals surface area contributed by atoms with Crippen molar-refractivity contribution in [1.29, 1.82) is 0 Å². The fourth-order valence-corrected chi connectivity index (χ4v) is 3.14. The summed E-state index contributed by atoms with van der Waals surface area (Å²) in [5.41, 5.74) is 0.850. The largest absolute Gasteiger partial charge is 0.493 e. The van der Waals surface area contributed by atoms with Gasteiger partial charge in [-0.1, -0.05) is 6.07 Å². The first kappa shape index (κ1) is 15.5. The number of benzene rings is 1. The summed E-state index contributed by atoms with van der Waals surface area (Å²) in [4.78, 5) is 21.4. The summed E-state index contributed by atoms with van der Waals surface area (Å²) >= 11 is 1.49. The molecule has 1 saturated heterocycles. The monoisotopic (exact) mass is 313 g/mol. The van der Waals surface area contributed by atoms with E-state index in [9.17, 15) is 9.59 Å². The van der Waals surface area contributed by atoms with Crippen LogP contribution in [0.1, 0.15) is 10.9 Å². The van der Waals surface area contributed by atoms with E-state index in [2.05, 4.69) is 5.32 Å². The van der Waals surface area contributed by atoms with Gasteiger partial charge in [0.2, 0.25) is 0 Å². The van der Waals surface area contributed by atoms with Crippen LogP contribution in [0.25, 0.3) is 0 Å². The zero-order chi connectivity index (χ0) is 15.4. The second-order valence-corrected chi connectivity index (χ2v) is 5.50. The highest BCUT2D eigenvalue weighted by atomic mass is 32.2. The van der Waals surface area contributed by atoms with Crippen LogP contribution in [-0.4, -0.2) is 47.7 Å². The molecule has 0 radical (unpaired) electrons. The van der Waals surface area contributed by atoms with Crippen LogP contribution >= 0.6 is 11.8 Å². The van der Waals surface area contributed by atoms with Crippen molar-refractivity contribution in [2.24, 2.45) is 0 Å². The number of methoxy groups -OCH3 is 1. The SMILES string of the molecule is COc1cc([C@H]2N[C@H](C(=O)O)CS2)ccc1OCC(=O)O. The van der Waals surface area contributed by atoms with Crippen molar-refractivity contribution in [3.8, 4) is 11.5 Å². The van der Waals surface area contributed by atoms with Crippen LogP contribution in [0.3, 0.4) is 0 Å². The third-order valence-electron chi connectivity index (χ3n) is 2.92. The van der Waals surface area contributed by atoms with Crippen molar-refractivity contribution in [2.45, 2.75) is 11.4 Å². The first-order valence-corrected chi connectivity index (χ1v) is 7.19. The number of carboxylic acids is 2. The van der Waals surface area contributed by atoms with Gasteiger partial charge in [-0.05, 0) is 17.7 Å². The van der Waals surface area contributed by atoms with Crippen LogP contribution in [0, 0.1) is 0 Å². The van der Waals surface area contributed by atoms with Crippen molar-refractivity contribution >= 4 is 23.7 Å². The highest BCUT2D eigenvalue weighted by Crippen LogP contribution is 2.37. The third kappa shape index (κ3) is 3.79. The molecule has 1 aromatic rings. The summed E-state index contributed by atoms with van der Waals surface area (Å²) in [7, 11) is 1.46. The summed E-state index contributed by atoms with van der Waals surface area (Å²) in [6.45, 7) is -0.451. The average Bonchev–Trinajstić information content (AvgIpc) is 2.94. The number of hydrogen-bond acceptors (Lipinski definition) is 6. The summed E-state index contributed by atoms with van der Waals surface area (Å²) < 4.78 is 10.3. The molecule has 0 unspecified atom stereocenters. The summed E-state index contributed by atoms with van der Waals surface area (Å²) in [5, 5.41) is 20.4. The molecule has 1 heterocycles. The van der Waals surface area contributed by atoms with Crippen molar-refractivity contribution in [1.82, 2.24) is 5.32 Å². The molecule has 114 valence electrons. The third-order valence-corrected chi connectivity index (χ3v) is 4.19. The average molecular weight is 313 g/mol. The number of rotatable bonds is 6. The molecule has 1 aliphatic rings. The van der Waals surface area contributed by atoms with E-state index in [1.54, 1.807) is 18.2 Å². The van der Waals surface area contributed by atoms with Gasteiger partial charge < -0.3 is 19.7 Å². The number of carbonyl (C=O) groups is 2. The van der Waals surface area contributed by atoms with Gasteiger partial charge in [0.15, 0.2) is 18.1 Å². The predicted octanol–water partition coefficient (Wildman–Crippen LogP) is 0.947. The van der Waals surface area contributed by atoms with E-state index in [0.29, 0.717) is 17.3 Å². The Hall–Kier alpha value is -1.93. The van der Waals surface area contributed by atoms with Crippen LogP contribution < -0.4 is 14.8 Å². The van der Waals surface area contributed by atoms with E-state index in [1.165, 1.54) is 18.9 Å². The standard InChI is InChI=1S/C13H15NO6S/c1-19-10-4-7(2-3-9(10)20-5-11(15)16)12-14-8(6-21-12)13(17)18/h2-4,8,12,14H,5-6H2,1H3,(H,15,16)(H,17,18)/t8-,12-/m0/s1. The van der Waals surface area contributed by atoms with E-state index in [-0.39, 0.29) is 5.37 Å². The molecule has 0 amide bonds. The molecular weight excluding hydrogens is 298 g/mol. The maximum absolute atomic E-state index is 10.9. The smallest absolute Gasteiger partial charge is 0.341 e. The van der Waals surface area contributed by atoms with Crippen molar-refractivity contribution in [3.63, 3.8) is 0 Å². The molecule has 0 spiro atoms. The molecule has 0 aliphatic carbocycles. The Morgan fingerprint density at radius 1 is 1.38 bits per heavy atom. The molecule has 0 saturated carbocycles. The van der Waals surface area contributed by atoms with Gasteiger partial charge in [0.05, 0.1) is 12.5 Å². The molecule has 21 heavy (non-hydrogen) atoms. The minimum atomic E-state index is -1.07. The van der Waals surface area contributed by atoms with Crippen LogP contribution in [-0.2, 0) is 9.59 Å². The summed E-state index contributed by atoms with van der Waals surface area (Å²) in [6.07, 6.45) is 0. The van der Waals surface area contributed by atoms with Gasteiger partial charge in [-0.3, -0.25) is 10.1 Å². The van der Waals surface area contributed by atoms with E-state index in [1.807, 2.05) is 0 Å². The second kappa shape index (κ2) is 6.68. The zero-order valence-corrected chi connectivity index (χ0v) is 12.1. The number of hydrogen-bond donors (Lipinski definition) is 3. The Labute approximate surface area is 125 Å². The van der Waals surface area contributed by atoms with E-state index < -0.39 is 24.6 Å². The minimum Gasteiger partial charge on any atom is -0.493 e. The van der Waals surface area contributed by atoms with Gasteiger partial charge in [-0.2, -0.15) is 0 Å². The molecular formula is C13H15NO6S. The lowest BCUT2D eigenvalue weighted by Crippen LogP contribution is -2.33. The Morgan fingerprint density at radius 3 is 2.71 bits per heavy atom. The molecule has 8 heteroatoms. The fourth-order valence-electron chi connectivity index (χ4n) is 1.91. The molecule has 0 aromatic heterocycles. The Kier molecular flexibility index (Phi) is 4.92. The Bertz CT molecular complexity index is 549. The molecule has 1 aliphatic heterocycles. The first-order chi connectivity index (χ1) is 10.0. The van der Waals surface area contributed by atoms with E-state index in [0.717, 1.165) is 5.56 Å². The van der Waals surface area contributed by atoms with Crippen molar-refractivity contribution in [2.75, 3.05) is 19.5 Å². The summed E-state index contributed by atoms with van der Waals surface area (Å²) in [6, 6.07) is 4.52. The number of aliphatic carboxylic acids is 2. The number of ether oxygens (including phenoxy) is 2. The quantitative estimate of drug-likeness (QED) is 0.713. The van der Waals surface area contributed by atoms with Gasteiger partial charge >= 0.3 is 11.9 Å². The number of nitrogens with one attached hydrogen (secondary N) is 1. The topological polar surface area (TPSA) is 105 Å². The fraction of sp³-hybridized carbons (Fsp3) is 0.385. The lowest BCUT2D eigenvalue weighted by Gasteiger charge is -2.15. The van der Waals surface area contributed by atoms with Gasteiger partial charge in [-0.25, -0.2) is 4.79 Å². The normalized spacial score (nSPS) is 21.0. The van der Waals surface area contributed by atoms with Crippen molar-refractivity contribution in [3.05, 3.63) is 23.8 Å². The van der Waals surface area contributed by atoms with Crippen LogP contribution in [0.5, 0.6) is 11.5 Å². The predicted molar refractivity (Wildman–Crippen MR) is 75.9 cm³/mol. The zero-order valence-electron chi connectivity index (χ0n) is 11.2. The van der Waals surface area contributed by atoms with Gasteiger partial charge in [-0.15, -0.1) is 11.8 Å². The molecule has 2 atom stereocenters. The Balaban J connectivity index is 2.12. The first-order valence-electron chi connectivity index (χ1n) is 6.14. The van der Waals surface area contributed by atoms with Gasteiger partial charge in [0.1, 0.15) is 6.04 Å². The minimum absolute atomic E-state index is 0.145. The van der Waals surface area contributed by atoms with Gasteiger partial charge in [0, 0.05) is 5.75 Å². The second-order valence-electron chi connectivity index (χ2n) is 4.36. The highest BCUT2D eigenvalue weighted by Gasteiger charge is 2.30. The molecule has 0 bridgehead atoms. The number of carboxylic acid groups (broad SMARTS) is 2. The van der Waals surface area contributed by atoms with Gasteiger partial charge in [0.25, 0.3) is 0 Å². The van der Waals surface area contributed by atoms with Crippen molar-refractivity contribution < 1.29 is 29.3 Å². The molecule has 7 nitrogen and oxygen atoms in total. The van der Waals surface area contributed by atoms with Crippen LogP contribution in [0.2, 0.25) is 0 Å². The lowest BCUT2D eigenvalue weighted by atomic mass is 10.2. The molecule has 1 aromatic carbocycles. The highest BCUT2D eigenvalue weighted by molar-refractivity contribution is 7.99.